The van der Waals surface area contributed by atoms with Gasteiger partial charge in [0.15, 0.2) is 16.7 Å². The largest absolute Gasteiger partial charge is 0.504 e. The molecule has 4 rings (SSSR count). The molecule has 3 aromatic rings. The summed E-state index contributed by atoms with van der Waals surface area (Å²) in [7, 11) is 1.80. The van der Waals surface area contributed by atoms with E-state index in [1.54, 1.807) is 23.7 Å². The number of ether oxygens (including phenoxy) is 1. The van der Waals surface area contributed by atoms with Crippen molar-refractivity contribution in [3.8, 4) is 11.5 Å². The van der Waals surface area contributed by atoms with Gasteiger partial charge in [0.2, 0.25) is 5.91 Å². The number of thioether (sulfide) groups is 1. The molecule has 31 heavy (non-hydrogen) atoms. The number of carbonyl (C=O) groups excluding carboxylic acids is 1. The molecule has 2 heterocycles. The number of hydrogen-bond donors (Lipinski definition) is 2. The highest BCUT2D eigenvalue weighted by Gasteiger charge is 2.32. The number of nitrogens with one attached hydrogen (secondary N) is 1. The van der Waals surface area contributed by atoms with Gasteiger partial charge in [-0.3, -0.25) is 9.59 Å². The van der Waals surface area contributed by atoms with Gasteiger partial charge in [-0.25, -0.2) is 0 Å². The van der Waals surface area contributed by atoms with E-state index in [0.29, 0.717) is 34.6 Å². The molecule has 0 saturated heterocycles. The van der Waals surface area contributed by atoms with Crippen LogP contribution in [0.5, 0.6) is 11.5 Å². The van der Waals surface area contributed by atoms with Crippen LogP contribution < -0.4 is 15.6 Å². The van der Waals surface area contributed by atoms with Gasteiger partial charge in [-0.2, -0.15) is 4.98 Å². The number of nitrogens with zero attached hydrogens (tertiary/aromatic N) is 2. The van der Waals surface area contributed by atoms with E-state index in [0.717, 1.165) is 11.1 Å². The first-order valence-electron chi connectivity index (χ1n) is 10.0. The van der Waals surface area contributed by atoms with Crippen molar-refractivity contribution in [1.29, 1.82) is 0 Å². The maximum Gasteiger partial charge on any atom is 0.279 e. The van der Waals surface area contributed by atoms with Crippen LogP contribution in [0.2, 0.25) is 0 Å². The van der Waals surface area contributed by atoms with Gasteiger partial charge in [0.1, 0.15) is 5.82 Å². The molecular formula is C23H23N3O4S. The molecule has 2 aromatic carbocycles. The van der Waals surface area contributed by atoms with Crippen LogP contribution in [0.1, 0.15) is 36.0 Å². The van der Waals surface area contributed by atoms with Crippen molar-refractivity contribution < 1.29 is 14.6 Å². The summed E-state index contributed by atoms with van der Waals surface area (Å²) in [5.41, 5.74) is 1.92. The van der Waals surface area contributed by atoms with E-state index in [1.165, 1.54) is 17.8 Å². The van der Waals surface area contributed by atoms with Crippen molar-refractivity contribution in [2.24, 2.45) is 7.05 Å². The van der Waals surface area contributed by atoms with Crippen LogP contribution >= 0.6 is 11.8 Å². The van der Waals surface area contributed by atoms with E-state index < -0.39 is 5.92 Å². The maximum atomic E-state index is 13.0. The van der Waals surface area contributed by atoms with Crippen LogP contribution in [0.3, 0.4) is 0 Å². The lowest BCUT2D eigenvalue weighted by molar-refractivity contribution is -0.116. The lowest BCUT2D eigenvalue weighted by Crippen LogP contribution is -2.33. The predicted octanol–water partition coefficient (Wildman–Crippen LogP) is 3.65. The van der Waals surface area contributed by atoms with E-state index in [-0.39, 0.29) is 23.6 Å². The van der Waals surface area contributed by atoms with Gasteiger partial charge in [0.05, 0.1) is 12.2 Å². The highest BCUT2D eigenvalue weighted by atomic mass is 32.2. The molecule has 0 aliphatic carbocycles. The number of phenols is 1. The lowest BCUT2D eigenvalue weighted by Gasteiger charge is -2.27. The normalized spacial score (nSPS) is 15.3. The number of aromatic hydroxyl groups is 1. The summed E-state index contributed by atoms with van der Waals surface area (Å²) in [5, 5.41) is 13.4. The van der Waals surface area contributed by atoms with Crippen molar-refractivity contribution in [3.63, 3.8) is 0 Å². The molecule has 2 N–H and O–H groups in total. The zero-order valence-electron chi connectivity index (χ0n) is 17.3. The molecule has 8 heteroatoms. The summed E-state index contributed by atoms with van der Waals surface area (Å²) in [6.07, 6.45) is 0.122. The molecule has 0 saturated carbocycles. The number of anilines is 1. The fourth-order valence-corrected chi connectivity index (χ4v) is 4.61. The fourth-order valence-electron chi connectivity index (χ4n) is 3.69. The van der Waals surface area contributed by atoms with E-state index in [4.69, 9.17) is 4.74 Å². The lowest BCUT2D eigenvalue weighted by atomic mass is 9.86. The van der Waals surface area contributed by atoms with Crippen molar-refractivity contribution in [3.05, 3.63) is 75.6 Å². The third-order valence-electron chi connectivity index (χ3n) is 5.20. The summed E-state index contributed by atoms with van der Waals surface area (Å²) in [5.74, 6) is 0.819. The topological polar surface area (TPSA) is 93.5 Å². The number of phenolic OH excluding ortho intramolecular Hbond substituents is 1. The second-order valence-electron chi connectivity index (χ2n) is 7.26. The van der Waals surface area contributed by atoms with Crippen LogP contribution in [-0.2, 0) is 17.6 Å². The summed E-state index contributed by atoms with van der Waals surface area (Å²) in [6.45, 7) is 2.22. The Labute approximate surface area is 184 Å². The molecule has 0 radical (unpaired) electrons. The second kappa shape index (κ2) is 8.85. The predicted molar refractivity (Wildman–Crippen MR) is 120 cm³/mol. The van der Waals surface area contributed by atoms with E-state index in [2.05, 4.69) is 10.3 Å². The Morgan fingerprint density at radius 2 is 2.00 bits per heavy atom. The number of fused-ring (bicyclic) bond motifs is 1. The molecule has 1 amide bonds. The number of benzene rings is 2. The van der Waals surface area contributed by atoms with Crippen LogP contribution in [0.4, 0.5) is 5.82 Å². The first-order valence-corrected chi connectivity index (χ1v) is 11.0. The van der Waals surface area contributed by atoms with Crippen molar-refractivity contribution >= 4 is 23.5 Å². The average molecular weight is 438 g/mol. The number of rotatable bonds is 6. The monoisotopic (exact) mass is 437 g/mol. The first-order chi connectivity index (χ1) is 15.0. The summed E-state index contributed by atoms with van der Waals surface area (Å²) in [4.78, 5) is 29.9. The maximum absolute atomic E-state index is 13.0. The molecule has 0 spiro atoms. The van der Waals surface area contributed by atoms with E-state index in [1.807, 2.05) is 37.3 Å². The molecule has 160 valence electrons. The van der Waals surface area contributed by atoms with Gasteiger partial charge in [0.25, 0.3) is 5.56 Å². The average Bonchev–Trinajstić information content (AvgIpc) is 2.77. The zero-order valence-corrected chi connectivity index (χ0v) is 18.1. The van der Waals surface area contributed by atoms with Crippen molar-refractivity contribution in [1.82, 2.24) is 9.55 Å². The molecule has 0 bridgehead atoms. The molecule has 1 aliphatic heterocycles. The smallest absolute Gasteiger partial charge is 0.279 e. The van der Waals surface area contributed by atoms with Crippen LogP contribution in [0.25, 0.3) is 0 Å². The van der Waals surface area contributed by atoms with Crippen molar-refractivity contribution in [2.45, 2.75) is 30.2 Å². The van der Waals surface area contributed by atoms with Gasteiger partial charge in [-0.15, -0.1) is 0 Å². The minimum Gasteiger partial charge on any atom is -0.504 e. The Morgan fingerprint density at radius 1 is 1.23 bits per heavy atom. The standard InChI is InChI=1S/C23H23N3O4S/c1-3-30-18-11-15(9-10-17(18)27)16-12-19(28)24-21-20(16)22(29)25-23(26(21)2)31-13-14-7-5-4-6-8-14/h4-11,16,27H,3,12-13H2,1-2H3,(H,24,28)/t16-/m1/s1. The Bertz CT molecular complexity index is 1180. The minimum atomic E-state index is -0.470. The van der Waals surface area contributed by atoms with Gasteiger partial charge in [0, 0.05) is 25.1 Å². The highest BCUT2D eigenvalue weighted by Crippen LogP contribution is 2.39. The van der Waals surface area contributed by atoms with Gasteiger partial charge in [-0.05, 0) is 30.2 Å². The molecule has 0 unspecified atom stereocenters. The number of hydrogen-bond acceptors (Lipinski definition) is 6. The van der Waals surface area contributed by atoms with Crippen molar-refractivity contribution in [2.75, 3.05) is 11.9 Å². The molecule has 7 nitrogen and oxygen atoms in total. The SMILES string of the molecule is CCOc1cc([C@H]2CC(=O)Nc3c2c(=O)nc(SCc2ccccc2)n3C)ccc1O. The van der Waals surface area contributed by atoms with Gasteiger partial charge < -0.3 is 19.7 Å². The molecule has 1 aromatic heterocycles. The summed E-state index contributed by atoms with van der Waals surface area (Å²) in [6, 6.07) is 14.8. The zero-order chi connectivity index (χ0) is 22.0. The summed E-state index contributed by atoms with van der Waals surface area (Å²) >= 11 is 1.44. The van der Waals surface area contributed by atoms with Crippen LogP contribution in [0, 0.1) is 0 Å². The van der Waals surface area contributed by atoms with Crippen LogP contribution in [-0.4, -0.2) is 27.2 Å². The highest BCUT2D eigenvalue weighted by molar-refractivity contribution is 7.98. The number of aromatic nitrogens is 2. The molecule has 0 fully saturated rings. The fraction of sp³-hybridized carbons (Fsp3) is 0.261. The first kappa shape index (κ1) is 21.0. The van der Waals surface area contributed by atoms with E-state index in [9.17, 15) is 14.7 Å². The van der Waals surface area contributed by atoms with Gasteiger partial charge >= 0.3 is 0 Å². The second-order valence-corrected chi connectivity index (χ2v) is 8.20. The third-order valence-corrected chi connectivity index (χ3v) is 6.30. The number of carbonyl (C=O) groups is 1. The molecular weight excluding hydrogens is 414 g/mol. The Morgan fingerprint density at radius 3 is 2.74 bits per heavy atom. The Hall–Kier alpha value is -3.26. The van der Waals surface area contributed by atoms with Crippen LogP contribution in [0.15, 0.2) is 58.5 Å². The quantitative estimate of drug-likeness (QED) is 0.452. The minimum absolute atomic E-state index is 0.0183. The Kier molecular flexibility index (Phi) is 5.99. The Balaban J connectivity index is 1.73. The van der Waals surface area contributed by atoms with E-state index >= 15 is 0 Å². The molecule has 1 aliphatic rings. The summed E-state index contributed by atoms with van der Waals surface area (Å²) < 4.78 is 7.24. The van der Waals surface area contributed by atoms with Gasteiger partial charge in [-0.1, -0.05) is 48.2 Å². The third kappa shape index (κ3) is 4.29. The number of amides is 1. The molecule has 1 atom stereocenters.